The summed E-state index contributed by atoms with van der Waals surface area (Å²) in [6, 6.07) is 19.9. The third kappa shape index (κ3) is 7.91. The van der Waals surface area contributed by atoms with E-state index in [1.165, 1.54) is 5.56 Å². The summed E-state index contributed by atoms with van der Waals surface area (Å²) in [5.74, 6) is 2.46. The molecular formula is C32H39Cl2N3O2. The number of rotatable bonds is 15. The Morgan fingerprint density at radius 1 is 0.846 bits per heavy atom. The predicted octanol–water partition coefficient (Wildman–Crippen LogP) is 8.54. The molecule has 0 N–H and O–H groups in total. The molecule has 0 amide bonds. The fraction of sp³-hybridized carbons (Fsp3) is 0.406. The van der Waals surface area contributed by atoms with Gasteiger partial charge in [0.1, 0.15) is 17.3 Å². The third-order valence-electron chi connectivity index (χ3n) is 6.99. The maximum atomic E-state index is 6.52. The lowest BCUT2D eigenvalue weighted by Crippen LogP contribution is -2.25. The fourth-order valence-corrected chi connectivity index (χ4v) is 4.95. The molecule has 0 saturated heterocycles. The van der Waals surface area contributed by atoms with Crippen molar-refractivity contribution in [2.45, 2.75) is 53.0 Å². The lowest BCUT2D eigenvalue weighted by molar-refractivity contribution is 0.249. The topological polar surface area (TPSA) is 39.5 Å². The molecule has 208 valence electrons. The highest BCUT2D eigenvalue weighted by Gasteiger charge is 2.15. The van der Waals surface area contributed by atoms with E-state index in [2.05, 4.69) is 42.4 Å². The van der Waals surface area contributed by atoms with Gasteiger partial charge in [-0.05, 0) is 74.0 Å². The lowest BCUT2D eigenvalue weighted by atomic mass is 10.1. The number of nitrogens with zero attached hydrogens (tertiary/aromatic N) is 3. The first-order chi connectivity index (χ1) is 19.0. The van der Waals surface area contributed by atoms with Crippen molar-refractivity contribution < 1.29 is 9.47 Å². The molecule has 0 radical (unpaired) electrons. The van der Waals surface area contributed by atoms with Crippen molar-refractivity contribution in [1.29, 1.82) is 0 Å². The van der Waals surface area contributed by atoms with E-state index in [1.807, 2.05) is 48.5 Å². The van der Waals surface area contributed by atoms with Gasteiger partial charge >= 0.3 is 0 Å². The molecule has 0 bridgehead atoms. The van der Waals surface area contributed by atoms with Gasteiger partial charge in [-0.1, -0.05) is 62.5 Å². The van der Waals surface area contributed by atoms with Crippen molar-refractivity contribution in [1.82, 2.24) is 14.5 Å². The molecule has 0 aliphatic carbocycles. The van der Waals surface area contributed by atoms with Crippen molar-refractivity contribution in [3.8, 4) is 22.9 Å². The first-order valence-corrected chi connectivity index (χ1v) is 14.8. The number of aryl methyl sites for hydroxylation is 1. The van der Waals surface area contributed by atoms with Crippen LogP contribution >= 0.6 is 23.2 Å². The van der Waals surface area contributed by atoms with Crippen LogP contribution in [0.1, 0.15) is 45.6 Å². The minimum atomic E-state index is 0.520. The van der Waals surface area contributed by atoms with E-state index in [0.717, 1.165) is 85.1 Å². The summed E-state index contributed by atoms with van der Waals surface area (Å²) in [6.45, 7) is 11.9. The van der Waals surface area contributed by atoms with Crippen molar-refractivity contribution >= 4 is 34.2 Å². The minimum Gasteiger partial charge on any atom is -0.493 e. The molecule has 1 aromatic heterocycles. The van der Waals surface area contributed by atoms with Gasteiger partial charge in [-0.3, -0.25) is 0 Å². The molecule has 0 unspecified atom stereocenters. The van der Waals surface area contributed by atoms with E-state index in [9.17, 15) is 0 Å². The zero-order valence-electron chi connectivity index (χ0n) is 23.3. The van der Waals surface area contributed by atoms with E-state index < -0.39 is 0 Å². The molecular weight excluding hydrogens is 529 g/mol. The number of aromatic nitrogens is 2. The number of halogens is 2. The number of fused-ring (bicyclic) bond motifs is 1. The number of hydrogen-bond acceptors (Lipinski definition) is 4. The van der Waals surface area contributed by atoms with E-state index in [1.54, 1.807) is 0 Å². The van der Waals surface area contributed by atoms with Gasteiger partial charge in [0.2, 0.25) is 0 Å². The van der Waals surface area contributed by atoms with Gasteiger partial charge in [-0.25, -0.2) is 4.98 Å². The van der Waals surface area contributed by atoms with Crippen LogP contribution in [0.25, 0.3) is 22.4 Å². The molecule has 0 aliphatic heterocycles. The molecule has 39 heavy (non-hydrogen) atoms. The van der Waals surface area contributed by atoms with Crippen LogP contribution in [0.2, 0.25) is 10.0 Å². The monoisotopic (exact) mass is 567 g/mol. The van der Waals surface area contributed by atoms with Crippen molar-refractivity contribution in [2.75, 3.05) is 32.8 Å². The summed E-state index contributed by atoms with van der Waals surface area (Å²) in [5.41, 5.74) is 4.19. The average Bonchev–Trinajstić information content (AvgIpc) is 3.31. The quantitative estimate of drug-likeness (QED) is 0.135. The van der Waals surface area contributed by atoms with Gasteiger partial charge in [0.25, 0.3) is 0 Å². The first kappa shape index (κ1) is 29.3. The largest absolute Gasteiger partial charge is 0.493 e. The van der Waals surface area contributed by atoms with E-state index in [0.29, 0.717) is 24.0 Å². The predicted molar refractivity (Wildman–Crippen MR) is 164 cm³/mol. The zero-order chi connectivity index (χ0) is 27.6. The zero-order valence-corrected chi connectivity index (χ0v) is 24.8. The Hall–Kier alpha value is -2.73. The second-order valence-corrected chi connectivity index (χ2v) is 10.5. The molecule has 4 rings (SSSR count). The fourth-order valence-electron chi connectivity index (χ4n) is 4.66. The van der Waals surface area contributed by atoms with Gasteiger partial charge in [-0.2, -0.15) is 0 Å². The molecule has 5 nitrogen and oxygen atoms in total. The van der Waals surface area contributed by atoms with Crippen LogP contribution in [0.15, 0.2) is 60.7 Å². The standard InChI is InChI=1S/C32H39Cl2N3O2/c1-4-7-19-37-30-23-27(38-20-8-18-36(5-2)6-3)14-16-29(30)35-32(37)25-11-15-28(34)31(22-25)39-21-17-24-9-12-26(33)13-10-24/h9-16,22-23H,4-8,17-21H2,1-3H3. The second kappa shape index (κ2) is 14.6. The smallest absolute Gasteiger partial charge is 0.141 e. The molecule has 0 aliphatic rings. The maximum absolute atomic E-state index is 6.52. The molecule has 1 heterocycles. The number of unbranched alkanes of at least 4 members (excludes halogenated alkanes) is 1. The normalized spacial score (nSPS) is 11.4. The van der Waals surface area contributed by atoms with E-state index in [4.69, 9.17) is 37.7 Å². The van der Waals surface area contributed by atoms with Crippen LogP contribution in [0, 0.1) is 0 Å². The molecule has 0 spiro atoms. The third-order valence-corrected chi connectivity index (χ3v) is 7.55. The van der Waals surface area contributed by atoms with Crippen molar-refractivity contribution in [3.05, 3.63) is 76.3 Å². The molecule has 0 atom stereocenters. The van der Waals surface area contributed by atoms with Crippen LogP contribution in [-0.2, 0) is 13.0 Å². The van der Waals surface area contributed by atoms with Crippen molar-refractivity contribution in [3.63, 3.8) is 0 Å². The van der Waals surface area contributed by atoms with Gasteiger partial charge < -0.3 is 18.9 Å². The number of imidazole rings is 1. The number of hydrogen-bond donors (Lipinski definition) is 0. The summed E-state index contributed by atoms with van der Waals surface area (Å²) < 4.78 is 14.5. The highest BCUT2D eigenvalue weighted by molar-refractivity contribution is 6.32. The van der Waals surface area contributed by atoms with Gasteiger partial charge in [0.15, 0.2) is 0 Å². The number of ether oxygens (including phenoxy) is 2. The first-order valence-electron chi connectivity index (χ1n) is 14.0. The van der Waals surface area contributed by atoms with Crippen LogP contribution in [0.5, 0.6) is 11.5 Å². The Labute approximate surface area is 242 Å². The van der Waals surface area contributed by atoms with Crippen LogP contribution in [0.4, 0.5) is 0 Å². The summed E-state index contributed by atoms with van der Waals surface area (Å²) in [4.78, 5) is 7.43. The van der Waals surface area contributed by atoms with Gasteiger partial charge in [0, 0.05) is 36.2 Å². The Morgan fingerprint density at radius 2 is 1.64 bits per heavy atom. The molecule has 0 fully saturated rings. The average molecular weight is 569 g/mol. The minimum absolute atomic E-state index is 0.520. The Kier molecular flexibility index (Phi) is 11.0. The summed E-state index contributed by atoms with van der Waals surface area (Å²) in [6.07, 6.45) is 3.93. The summed E-state index contributed by atoms with van der Waals surface area (Å²) in [7, 11) is 0. The van der Waals surface area contributed by atoms with Gasteiger partial charge in [-0.15, -0.1) is 0 Å². The van der Waals surface area contributed by atoms with Crippen molar-refractivity contribution in [2.24, 2.45) is 0 Å². The molecule has 7 heteroatoms. The van der Waals surface area contributed by atoms with Crippen LogP contribution < -0.4 is 9.47 Å². The lowest BCUT2D eigenvalue weighted by Gasteiger charge is -2.17. The van der Waals surface area contributed by atoms with Crippen LogP contribution in [0.3, 0.4) is 0 Å². The van der Waals surface area contributed by atoms with Crippen LogP contribution in [-0.4, -0.2) is 47.3 Å². The molecule has 0 saturated carbocycles. The Morgan fingerprint density at radius 3 is 2.38 bits per heavy atom. The summed E-state index contributed by atoms with van der Waals surface area (Å²) >= 11 is 12.5. The van der Waals surface area contributed by atoms with E-state index in [-0.39, 0.29) is 0 Å². The van der Waals surface area contributed by atoms with E-state index >= 15 is 0 Å². The highest BCUT2D eigenvalue weighted by Crippen LogP contribution is 2.33. The van der Waals surface area contributed by atoms with Gasteiger partial charge in [0.05, 0.1) is 29.3 Å². The SMILES string of the molecule is CCCCn1c(-c2ccc(Cl)c(OCCc3ccc(Cl)cc3)c2)nc2ccc(OCCCN(CC)CC)cc21. The second-order valence-electron chi connectivity index (χ2n) is 9.69. The summed E-state index contributed by atoms with van der Waals surface area (Å²) in [5, 5.41) is 1.32. The molecule has 3 aromatic carbocycles. The highest BCUT2D eigenvalue weighted by atomic mass is 35.5. The maximum Gasteiger partial charge on any atom is 0.141 e. The molecule has 4 aromatic rings. The Bertz CT molecular complexity index is 1330. The Balaban J connectivity index is 1.52. The number of benzene rings is 3.